The Hall–Kier alpha value is -2.50. The molecule has 4 aromatic rings. The lowest BCUT2D eigenvalue weighted by molar-refractivity contribution is 0.0786. The summed E-state index contributed by atoms with van der Waals surface area (Å²) in [6.45, 7) is 8.44. The van der Waals surface area contributed by atoms with Crippen LogP contribution >= 0.6 is 11.3 Å². The van der Waals surface area contributed by atoms with Crippen molar-refractivity contribution >= 4 is 37.5 Å². The molecule has 0 fully saturated rings. The Morgan fingerprint density at radius 2 is 1.85 bits per heavy atom. The fourth-order valence-corrected chi connectivity index (χ4v) is 4.65. The summed E-state index contributed by atoms with van der Waals surface area (Å²) in [5.41, 5.74) is 3.53. The van der Waals surface area contributed by atoms with E-state index in [2.05, 4.69) is 29.4 Å². The standard InChI is InChI=1S/C22H23N3OS/c1-13-11-14(2)25-21-18(13)17-9-10-23-20(19(17)27-21)24-12-15-5-7-16(8-6-15)22(3,4)26/h5-11,26H,12H2,1-4H3,(H,23,24). The average molecular weight is 378 g/mol. The Morgan fingerprint density at radius 1 is 1.11 bits per heavy atom. The van der Waals surface area contributed by atoms with Crippen LogP contribution in [0.25, 0.3) is 20.3 Å². The maximum Gasteiger partial charge on any atom is 0.144 e. The van der Waals surface area contributed by atoms with E-state index in [-0.39, 0.29) is 0 Å². The van der Waals surface area contributed by atoms with Crippen molar-refractivity contribution in [2.75, 3.05) is 5.32 Å². The van der Waals surface area contributed by atoms with Crippen LogP contribution in [0.1, 0.15) is 36.2 Å². The highest BCUT2D eigenvalue weighted by molar-refractivity contribution is 7.26. The van der Waals surface area contributed by atoms with Crippen LogP contribution in [0.3, 0.4) is 0 Å². The fraction of sp³-hybridized carbons (Fsp3) is 0.273. The van der Waals surface area contributed by atoms with E-state index < -0.39 is 5.60 Å². The van der Waals surface area contributed by atoms with Gasteiger partial charge in [-0.15, -0.1) is 11.3 Å². The molecule has 0 aliphatic rings. The number of aryl methyl sites for hydroxylation is 2. The lowest BCUT2D eigenvalue weighted by Crippen LogP contribution is -2.15. The molecule has 2 N–H and O–H groups in total. The van der Waals surface area contributed by atoms with Gasteiger partial charge in [-0.2, -0.15) is 0 Å². The van der Waals surface area contributed by atoms with Crippen LogP contribution in [0.15, 0.2) is 42.6 Å². The number of benzene rings is 1. The first-order valence-electron chi connectivity index (χ1n) is 9.04. The number of fused-ring (bicyclic) bond motifs is 3. The molecule has 4 rings (SSSR count). The summed E-state index contributed by atoms with van der Waals surface area (Å²) in [7, 11) is 0. The summed E-state index contributed by atoms with van der Waals surface area (Å²) in [4.78, 5) is 10.3. The zero-order valence-corrected chi connectivity index (χ0v) is 16.8. The van der Waals surface area contributed by atoms with Crippen molar-refractivity contribution in [3.8, 4) is 0 Å². The normalized spacial score (nSPS) is 12.0. The Kier molecular flexibility index (Phi) is 4.36. The number of rotatable bonds is 4. The van der Waals surface area contributed by atoms with Crippen LogP contribution in [0, 0.1) is 13.8 Å². The van der Waals surface area contributed by atoms with Gasteiger partial charge in [0.1, 0.15) is 10.6 Å². The first kappa shape index (κ1) is 17.9. The molecule has 0 unspecified atom stereocenters. The van der Waals surface area contributed by atoms with Crippen LogP contribution in [0.4, 0.5) is 5.82 Å². The van der Waals surface area contributed by atoms with E-state index in [0.717, 1.165) is 32.2 Å². The van der Waals surface area contributed by atoms with Gasteiger partial charge in [0, 0.05) is 29.2 Å². The third-order valence-electron chi connectivity index (χ3n) is 4.80. The lowest BCUT2D eigenvalue weighted by atomic mass is 9.97. The molecule has 0 radical (unpaired) electrons. The van der Waals surface area contributed by atoms with Crippen molar-refractivity contribution in [2.45, 2.75) is 39.8 Å². The summed E-state index contributed by atoms with van der Waals surface area (Å²) in [6.07, 6.45) is 1.85. The van der Waals surface area contributed by atoms with E-state index in [9.17, 15) is 5.11 Å². The Balaban J connectivity index is 1.65. The molecule has 0 aliphatic heterocycles. The lowest BCUT2D eigenvalue weighted by Gasteiger charge is -2.18. The smallest absolute Gasteiger partial charge is 0.144 e. The summed E-state index contributed by atoms with van der Waals surface area (Å²) in [5, 5.41) is 16.0. The summed E-state index contributed by atoms with van der Waals surface area (Å²) >= 11 is 1.69. The molecular weight excluding hydrogens is 354 g/mol. The SMILES string of the molecule is Cc1cc(C)c2c(n1)sc1c(NCc3ccc(C(C)(C)O)cc3)nccc12. The van der Waals surface area contributed by atoms with E-state index in [1.54, 1.807) is 25.2 Å². The minimum Gasteiger partial charge on any atom is -0.386 e. The number of aromatic nitrogens is 2. The fourth-order valence-electron chi connectivity index (χ4n) is 3.39. The quantitative estimate of drug-likeness (QED) is 0.507. The molecule has 0 amide bonds. The van der Waals surface area contributed by atoms with Crippen molar-refractivity contribution in [3.63, 3.8) is 0 Å². The molecule has 3 heterocycles. The largest absolute Gasteiger partial charge is 0.386 e. The highest BCUT2D eigenvalue weighted by Gasteiger charge is 2.16. The van der Waals surface area contributed by atoms with Gasteiger partial charge >= 0.3 is 0 Å². The molecule has 0 bridgehead atoms. The minimum atomic E-state index is -0.820. The highest BCUT2D eigenvalue weighted by Crippen LogP contribution is 2.38. The number of nitrogens with one attached hydrogen (secondary N) is 1. The summed E-state index contributed by atoms with van der Waals surface area (Å²) in [6, 6.07) is 12.2. The number of aliphatic hydroxyl groups is 1. The van der Waals surface area contributed by atoms with Crippen molar-refractivity contribution in [1.82, 2.24) is 9.97 Å². The average Bonchev–Trinajstić information content (AvgIpc) is 2.98. The second-order valence-corrected chi connectivity index (χ2v) is 8.51. The number of nitrogens with zero attached hydrogens (tertiary/aromatic N) is 2. The maximum absolute atomic E-state index is 10.1. The Labute approximate surface area is 162 Å². The van der Waals surface area contributed by atoms with Crippen molar-refractivity contribution in [3.05, 3.63) is 65.0 Å². The van der Waals surface area contributed by atoms with Crippen LogP contribution in [0.2, 0.25) is 0 Å². The van der Waals surface area contributed by atoms with Crippen LogP contribution < -0.4 is 5.32 Å². The predicted octanol–water partition coefficient (Wildman–Crippen LogP) is 5.30. The zero-order valence-electron chi connectivity index (χ0n) is 16.0. The molecule has 0 atom stereocenters. The topological polar surface area (TPSA) is 58.0 Å². The minimum absolute atomic E-state index is 0.679. The molecule has 5 heteroatoms. The van der Waals surface area contributed by atoms with Gasteiger partial charge in [-0.3, -0.25) is 0 Å². The molecule has 27 heavy (non-hydrogen) atoms. The number of hydrogen-bond acceptors (Lipinski definition) is 5. The van der Waals surface area contributed by atoms with Gasteiger partial charge < -0.3 is 10.4 Å². The van der Waals surface area contributed by atoms with Crippen LogP contribution in [0.5, 0.6) is 0 Å². The van der Waals surface area contributed by atoms with Gasteiger partial charge in [0.2, 0.25) is 0 Å². The molecule has 3 aromatic heterocycles. The van der Waals surface area contributed by atoms with Crippen LogP contribution in [-0.2, 0) is 12.1 Å². The van der Waals surface area contributed by atoms with E-state index in [0.29, 0.717) is 6.54 Å². The molecule has 0 aliphatic carbocycles. The number of anilines is 1. The van der Waals surface area contributed by atoms with Gasteiger partial charge in [0.25, 0.3) is 0 Å². The molecule has 4 nitrogen and oxygen atoms in total. The van der Waals surface area contributed by atoms with Crippen molar-refractivity contribution in [1.29, 1.82) is 0 Å². The molecule has 0 spiro atoms. The Morgan fingerprint density at radius 3 is 2.56 bits per heavy atom. The Bertz CT molecular complexity index is 1120. The highest BCUT2D eigenvalue weighted by atomic mass is 32.1. The first-order valence-corrected chi connectivity index (χ1v) is 9.86. The van der Waals surface area contributed by atoms with E-state index in [1.807, 2.05) is 37.4 Å². The predicted molar refractivity (Wildman–Crippen MR) is 113 cm³/mol. The van der Waals surface area contributed by atoms with Crippen molar-refractivity contribution in [2.24, 2.45) is 0 Å². The summed E-state index contributed by atoms with van der Waals surface area (Å²) < 4.78 is 1.14. The van der Waals surface area contributed by atoms with Gasteiger partial charge in [-0.25, -0.2) is 9.97 Å². The van der Waals surface area contributed by atoms with Crippen molar-refractivity contribution < 1.29 is 5.11 Å². The molecule has 0 saturated heterocycles. The van der Waals surface area contributed by atoms with Crippen LogP contribution in [-0.4, -0.2) is 15.1 Å². The first-order chi connectivity index (χ1) is 12.8. The maximum atomic E-state index is 10.1. The van der Waals surface area contributed by atoms with E-state index >= 15 is 0 Å². The molecular formula is C22H23N3OS. The number of hydrogen-bond donors (Lipinski definition) is 2. The summed E-state index contributed by atoms with van der Waals surface area (Å²) in [5.74, 6) is 0.888. The zero-order chi connectivity index (χ0) is 19.2. The molecule has 1 aromatic carbocycles. The number of thiophene rings is 1. The van der Waals surface area contributed by atoms with Gasteiger partial charge in [-0.1, -0.05) is 24.3 Å². The van der Waals surface area contributed by atoms with E-state index in [4.69, 9.17) is 4.98 Å². The number of pyridine rings is 2. The monoisotopic (exact) mass is 377 g/mol. The second-order valence-electron chi connectivity index (χ2n) is 7.51. The third kappa shape index (κ3) is 3.40. The van der Waals surface area contributed by atoms with Gasteiger partial charge in [0.15, 0.2) is 0 Å². The molecule has 0 saturated carbocycles. The third-order valence-corrected chi connectivity index (χ3v) is 5.91. The van der Waals surface area contributed by atoms with Gasteiger partial charge in [-0.05, 0) is 56.5 Å². The van der Waals surface area contributed by atoms with E-state index in [1.165, 1.54) is 16.3 Å². The second kappa shape index (κ2) is 6.59. The van der Waals surface area contributed by atoms with Gasteiger partial charge in [0.05, 0.1) is 10.3 Å². The molecule has 138 valence electrons.